The minimum atomic E-state index is -3.77. The van der Waals surface area contributed by atoms with Crippen molar-refractivity contribution in [2.24, 2.45) is 0 Å². The van der Waals surface area contributed by atoms with E-state index in [-0.39, 0.29) is 21.9 Å². The fourth-order valence-corrected chi connectivity index (χ4v) is 3.77. The Morgan fingerprint density at radius 1 is 1.15 bits per heavy atom. The van der Waals surface area contributed by atoms with Crippen molar-refractivity contribution >= 4 is 44.8 Å². The van der Waals surface area contributed by atoms with Crippen LogP contribution in [0.1, 0.15) is 30.6 Å². The molecular formula is C18H20Cl2N2O3S. The number of nitrogens with zero attached hydrogens (tertiary/aromatic N) is 1. The van der Waals surface area contributed by atoms with E-state index in [1.807, 2.05) is 13.8 Å². The van der Waals surface area contributed by atoms with Gasteiger partial charge in [0.05, 0.1) is 21.2 Å². The number of anilines is 1. The van der Waals surface area contributed by atoms with Crippen molar-refractivity contribution in [2.75, 3.05) is 11.4 Å². The number of nitrogens with one attached hydrogen (secondary N) is 1. The quantitative estimate of drug-likeness (QED) is 0.763. The summed E-state index contributed by atoms with van der Waals surface area (Å²) in [6, 6.07) is 10.4. The molecule has 140 valence electrons. The van der Waals surface area contributed by atoms with Crippen LogP contribution in [0, 0.1) is 0 Å². The van der Waals surface area contributed by atoms with Crippen LogP contribution >= 0.6 is 23.2 Å². The number of amides is 1. The van der Waals surface area contributed by atoms with E-state index in [0.717, 1.165) is 10.7 Å². The van der Waals surface area contributed by atoms with Crippen molar-refractivity contribution in [3.05, 3.63) is 58.1 Å². The van der Waals surface area contributed by atoms with E-state index in [1.165, 1.54) is 43.4 Å². The summed E-state index contributed by atoms with van der Waals surface area (Å²) >= 11 is 12.0. The molecule has 0 unspecified atom stereocenters. The molecule has 0 heterocycles. The maximum absolute atomic E-state index is 12.7. The average Bonchev–Trinajstić information content (AvgIpc) is 2.60. The van der Waals surface area contributed by atoms with Gasteiger partial charge in [-0.15, -0.1) is 0 Å². The third kappa shape index (κ3) is 4.50. The summed E-state index contributed by atoms with van der Waals surface area (Å²) in [5, 5.41) is 3.46. The maximum atomic E-state index is 12.7. The Morgan fingerprint density at radius 3 is 2.31 bits per heavy atom. The van der Waals surface area contributed by atoms with Gasteiger partial charge in [-0.05, 0) is 55.8 Å². The van der Waals surface area contributed by atoms with Crippen LogP contribution in [-0.4, -0.2) is 27.4 Å². The fourth-order valence-electron chi connectivity index (χ4n) is 2.19. The van der Waals surface area contributed by atoms with E-state index in [4.69, 9.17) is 23.2 Å². The van der Waals surface area contributed by atoms with Crippen LogP contribution in [0.4, 0.5) is 5.69 Å². The highest BCUT2D eigenvalue weighted by Gasteiger charge is 2.22. The smallest absolute Gasteiger partial charge is 0.264 e. The standard InChI is InChI=1S/C18H20Cl2N2O3S/c1-4-12(2)21-18(23)16-10-7-14(11-17(16)20)22(3)26(24,25)15-8-5-13(19)6-9-15/h5-12H,4H2,1-3H3,(H,21,23)/t12-/m0/s1. The molecule has 1 atom stereocenters. The van der Waals surface area contributed by atoms with Gasteiger partial charge >= 0.3 is 0 Å². The molecule has 5 nitrogen and oxygen atoms in total. The summed E-state index contributed by atoms with van der Waals surface area (Å²) in [5.41, 5.74) is 0.651. The highest BCUT2D eigenvalue weighted by Crippen LogP contribution is 2.27. The lowest BCUT2D eigenvalue weighted by Crippen LogP contribution is -2.32. The van der Waals surface area contributed by atoms with E-state index in [1.54, 1.807) is 6.07 Å². The van der Waals surface area contributed by atoms with Crippen molar-refractivity contribution in [1.29, 1.82) is 0 Å². The van der Waals surface area contributed by atoms with E-state index < -0.39 is 10.0 Å². The second-order valence-corrected chi connectivity index (χ2v) is 8.69. The number of hydrogen-bond acceptors (Lipinski definition) is 3. The van der Waals surface area contributed by atoms with E-state index >= 15 is 0 Å². The minimum absolute atomic E-state index is 0.0196. The molecule has 0 aliphatic heterocycles. The molecule has 1 amide bonds. The SMILES string of the molecule is CC[C@H](C)NC(=O)c1ccc(N(C)S(=O)(=O)c2ccc(Cl)cc2)cc1Cl. The van der Waals surface area contributed by atoms with Gasteiger partial charge in [-0.25, -0.2) is 8.42 Å². The van der Waals surface area contributed by atoms with Gasteiger partial charge in [0, 0.05) is 18.1 Å². The first-order valence-electron chi connectivity index (χ1n) is 8.01. The third-order valence-electron chi connectivity index (χ3n) is 4.02. The molecule has 0 saturated heterocycles. The highest BCUT2D eigenvalue weighted by atomic mass is 35.5. The molecule has 2 aromatic rings. The van der Waals surface area contributed by atoms with Gasteiger partial charge in [0.1, 0.15) is 0 Å². The van der Waals surface area contributed by atoms with Crippen molar-refractivity contribution in [1.82, 2.24) is 5.32 Å². The Bertz CT molecular complexity index is 899. The lowest BCUT2D eigenvalue weighted by molar-refractivity contribution is 0.0939. The lowest BCUT2D eigenvalue weighted by atomic mass is 10.1. The van der Waals surface area contributed by atoms with E-state index in [9.17, 15) is 13.2 Å². The number of benzene rings is 2. The molecule has 2 rings (SSSR count). The molecule has 0 aliphatic rings. The summed E-state index contributed by atoms with van der Waals surface area (Å²) in [7, 11) is -2.34. The molecule has 0 fully saturated rings. The molecule has 26 heavy (non-hydrogen) atoms. The zero-order chi connectivity index (χ0) is 19.5. The maximum Gasteiger partial charge on any atom is 0.264 e. The minimum Gasteiger partial charge on any atom is -0.350 e. The van der Waals surface area contributed by atoms with Gasteiger partial charge in [0.2, 0.25) is 0 Å². The van der Waals surface area contributed by atoms with E-state index in [0.29, 0.717) is 16.3 Å². The van der Waals surface area contributed by atoms with Gasteiger partial charge in [-0.2, -0.15) is 0 Å². The molecule has 0 aliphatic carbocycles. The Hall–Kier alpha value is -1.76. The van der Waals surface area contributed by atoms with Crippen LogP contribution in [0.2, 0.25) is 10.0 Å². The number of sulfonamides is 1. The van der Waals surface area contributed by atoms with Gasteiger partial charge in [-0.1, -0.05) is 30.1 Å². The predicted octanol–water partition coefficient (Wildman–Crippen LogP) is 4.35. The molecule has 0 radical (unpaired) electrons. The first-order chi connectivity index (χ1) is 12.2. The Kier molecular flexibility index (Phi) is 6.55. The predicted molar refractivity (Wildman–Crippen MR) is 106 cm³/mol. The number of halogens is 2. The fraction of sp³-hybridized carbons (Fsp3) is 0.278. The normalized spacial score (nSPS) is 12.5. The van der Waals surface area contributed by atoms with Crippen LogP contribution in [0.15, 0.2) is 47.4 Å². The molecule has 0 bridgehead atoms. The van der Waals surface area contributed by atoms with Gasteiger partial charge in [0.15, 0.2) is 0 Å². The van der Waals surface area contributed by atoms with Gasteiger partial charge in [-0.3, -0.25) is 9.10 Å². The van der Waals surface area contributed by atoms with Crippen molar-refractivity contribution in [3.63, 3.8) is 0 Å². The van der Waals surface area contributed by atoms with Crippen molar-refractivity contribution in [2.45, 2.75) is 31.2 Å². The molecular weight excluding hydrogens is 395 g/mol. The van der Waals surface area contributed by atoms with Crippen molar-refractivity contribution < 1.29 is 13.2 Å². The molecule has 2 aromatic carbocycles. The molecule has 0 aromatic heterocycles. The van der Waals surface area contributed by atoms with Crippen molar-refractivity contribution in [3.8, 4) is 0 Å². The Balaban J connectivity index is 2.30. The summed E-state index contributed by atoms with van der Waals surface area (Å²) < 4.78 is 26.5. The number of carbonyl (C=O) groups is 1. The molecule has 0 spiro atoms. The number of rotatable bonds is 6. The Morgan fingerprint density at radius 2 is 1.77 bits per heavy atom. The molecule has 8 heteroatoms. The summed E-state index contributed by atoms with van der Waals surface area (Å²) in [6.45, 7) is 3.86. The average molecular weight is 415 g/mol. The largest absolute Gasteiger partial charge is 0.350 e. The summed E-state index contributed by atoms with van der Waals surface area (Å²) in [6.07, 6.45) is 0.795. The lowest BCUT2D eigenvalue weighted by Gasteiger charge is -2.20. The topological polar surface area (TPSA) is 66.5 Å². The van der Waals surface area contributed by atoms with Crippen LogP contribution in [-0.2, 0) is 10.0 Å². The van der Waals surface area contributed by atoms with Crippen LogP contribution in [0.5, 0.6) is 0 Å². The second-order valence-electron chi connectivity index (χ2n) is 5.87. The summed E-state index contributed by atoms with van der Waals surface area (Å²) in [4.78, 5) is 12.3. The first-order valence-corrected chi connectivity index (χ1v) is 10.2. The van der Waals surface area contributed by atoms with Gasteiger partial charge in [0.25, 0.3) is 15.9 Å². The second kappa shape index (κ2) is 8.29. The molecule has 0 saturated carbocycles. The monoisotopic (exact) mass is 414 g/mol. The Labute approximate surface area is 164 Å². The third-order valence-corrected chi connectivity index (χ3v) is 6.39. The molecule has 1 N–H and O–H groups in total. The highest BCUT2D eigenvalue weighted by molar-refractivity contribution is 7.92. The zero-order valence-corrected chi connectivity index (χ0v) is 17.0. The first kappa shape index (κ1) is 20.6. The number of carbonyl (C=O) groups excluding carboxylic acids is 1. The van der Waals surface area contributed by atoms with Crippen LogP contribution < -0.4 is 9.62 Å². The van der Waals surface area contributed by atoms with Crippen LogP contribution in [0.25, 0.3) is 0 Å². The van der Waals surface area contributed by atoms with E-state index in [2.05, 4.69) is 5.32 Å². The zero-order valence-electron chi connectivity index (χ0n) is 14.7. The summed E-state index contributed by atoms with van der Waals surface area (Å²) in [5.74, 6) is -0.292. The number of hydrogen-bond donors (Lipinski definition) is 1. The van der Waals surface area contributed by atoms with Crippen LogP contribution in [0.3, 0.4) is 0 Å². The van der Waals surface area contributed by atoms with Gasteiger partial charge < -0.3 is 5.32 Å².